The number of amides is 1. The number of carbonyl (C=O) groups excluding carboxylic acids is 1. The van der Waals surface area contributed by atoms with E-state index in [0.717, 1.165) is 23.4 Å². The van der Waals surface area contributed by atoms with Gasteiger partial charge in [-0.05, 0) is 30.7 Å². The highest BCUT2D eigenvalue weighted by Crippen LogP contribution is 2.31. The minimum Gasteiger partial charge on any atom is -0.495 e. The van der Waals surface area contributed by atoms with Gasteiger partial charge in [0, 0.05) is 24.1 Å². The number of quaternary nitrogens is 1. The molecule has 0 radical (unpaired) electrons. The first kappa shape index (κ1) is 21.4. The molecule has 2 N–H and O–H groups in total. The van der Waals surface area contributed by atoms with Crippen molar-refractivity contribution in [3.8, 4) is 17.2 Å². The van der Waals surface area contributed by atoms with E-state index >= 15 is 0 Å². The molecule has 9 nitrogen and oxygen atoms in total. The maximum absolute atomic E-state index is 12.9. The maximum Gasteiger partial charge on any atom is 0.282 e. The molecular weight excluding hydrogens is 390 g/mol. The summed E-state index contributed by atoms with van der Waals surface area (Å²) in [5.74, 6) is 1.50. The van der Waals surface area contributed by atoms with Crippen LogP contribution in [0.2, 0.25) is 0 Å². The van der Waals surface area contributed by atoms with Crippen LogP contribution in [0.25, 0.3) is 0 Å². The standard InChI is InChI=1S/C21H25N3O6/c1-13(21(25)22-17-11-16(24(26)27)5-6-18(17)28-2)23-8-7-14-9-19(29-3)20(30-4)10-15(14)12-23/h5-6,9-11,13H,7-8,12H2,1-4H3,(H,22,25)/p+1/t13-/m0/s1. The van der Waals surface area contributed by atoms with Crippen LogP contribution in [-0.2, 0) is 17.8 Å². The number of nitrogens with one attached hydrogen (secondary N) is 2. The molecule has 9 heteroatoms. The van der Waals surface area contributed by atoms with E-state index in [1.165, 1.54) is 30.9 Å². The fourth-order valence-corrected chi connectivity index (χ4v) is 3.69. The SMILES string of the molecule is COc1ccc([N+](=O)[O-])cc1NC(=O)[C@H](C)[NH+]1CCc2cc(OC)c(OC)cc2C1. The minimum atomic E-state index is -0.507. The highest BCUT2D eigenvalue weighted by Gasteiger charge is 2.30. The first-order chi connectivity index (χ1) is 14.4. The predicted octanol–water partition coefficient (Wildman–Crippen LogP) is 1.59. The summed E-state index contributed by atoms with van der Waals surface area (Å²) in [5, 5.41) is 13.8. The molecule has 0 saturated heterocycles. The number of nitro benzene ring substituents is 1. The molecule has 2 aromatic carbocycles. The Kier molecular flexibility index (Phi) is 6.41. The van der Waals surface area contributed by atoms with E-state index in [4.69, 9.17) is 14.2 Å². The van der Waals surface area contributed by atoms with Crippen molar-refractivity contribution in [3.63, 3.8) is 0 Å². The molecule has 0 aromatic heterocycles. The lowest BCUT2D eigenvalue weighted by molar-refractivity contribution is -0.929. The van der Waals surface area contributed by atoms with Gasteiger partial charge in [0.2, 0.25) is 0 Å². The van der Waals surface area contributed by atoms with Gasteiger partial charge in [-0.3, -0.25) is 14.9 Å². The first-order valence-corrected chi connectivity index (χ1v) is 9.59. The van der Waals surface area contributed by atoms with E-state index in [-0.39, 0.29) is 23.3 Å². The Morgan fingerprint density at radius 1 is 1.07 bits per heavy atom. The zero-order valence-electron chi connectivity index (χ0n) is 17.5. The van der Waals surface area contributed by atoms with E-state index < -0.39 is 4.92 Å². The van der Waals surface area contributed by atoms with Crippen LogP contribution < -0.4 is 24.4 Å². The van der Waals surface area contributed by atoms with Gasteiger partial charge >= 0.3 is 0 Å². The number of nitro groups is 1. The molecule has 30 heavy (non-hydrogen) atoms. The Morgan fingerprint density at radius 2 is 1.70 bits per heavy atom. The smallest absolute Gasteiger partial charge is 0.282 e. The first-order valence-electron chi connectivity index (χ1n) is 9.59. The second-order valence-electron chi connectivity index (χ2n) is 7.16. The molecule has 1 unspecified atom stereocenters. The Hall–Kier alpha value is -3.33. The number of rotatable bonds is 7. The lowest BCUT2D eigenvalue weighted by Gasteiger charge is -2.30. The largest absolute Gasteiger partial charge is 0.495 e. The molecule has 160 valence electrons. The summed E-state index contributed by atoms with van der Waals surface area (Å²) < 4.78 is 16.0. The Bertz CT molecular complexity index is 962. The molecule has 1 amide bonds. The van der Waals surface area contributed by atoms with Gasteiger partial charge in [-0.25, -0.2) is 0 Å². The minimum absolute atomic E-state index is 0.112. The highest BCUT2D eigenvalue weighted by molar-refractivity contribution is 5.95. The summed E-state index contributed by atoms with van der Waals surface area (Å²) >= 11 is 0. The van der Waals surface area contributed by atoms with Gasteiger partial charge < -0.3 is 24.4 Å². The number of fused-ring (bicyclic) bond motifs is 1. The average molecular weight is 416 g/mol. The maximum atomic E-state index is 12.9. The lowest BCUT2D eigenvalue weighted by Crippen LogP contribution is -3.16. The van der Waals surface area contributed by atoms with Crippen molar-refractivity contribution in [3.05, 3.63) is 51.6 Å². The van der Waals surface area contributed by atoms with E-state index in [1.54, 1.807) is 14.2 Å². The Morgan fingerprint density at radius 3 is 2.30 bits per heavy atom. The monoisotopic (exact) mass is 416 g/mol. The Balaban J connectivity index is 1.76. The molecule has 0 bridgehead atoms. The van der Waals surface area contributed by atoms with Crippen molar-refractivity contribution in [2.75, 3.05) is 33.2 Å². The number of methoxy groups -OCH3 is 3. The van der Waals surface area contributed by atoms with Crippen LogP contribution in [0.15, 0.2) is 30.3 Å². The number of ether oxygens (including phenoxy) is 3. The predicted molar refractivity (Wildman–Crippen MR) is 111 cm³/mol. The van der Waals surface area contributed by atoms with Gasteiger partial charge in [-0.1, -0.05) is 0 Å². The molecule has 3 rings (SSSR count). The van der Waals surface area contributed by atoms with Crippen LogP contribution in [0.5, 0.6) is 17.2 Å². The van der Waals surface area contributed by atoms with Crippen molar-refractivity contribution in [1.29, 1.82) is 0 Å². The molecule has 2 aromatic rings. The third-order valence-corrected chi connectivity index (χ3v) is 5.50. The summed E-state index contributed by atoms with van der Waals surface area (Å²) in [6, 6.07) is 7.70. The normalized spacial score (nSPS) is 16.2. The van der Waals surface area contributed by atoms with E-state index in [2.05, 4.69) is 5.32 Å². The molecule has 0 fully saturated rings. The summed E-state index contributed by atoms with van der Waals surface area (Å²) in [6.45, 7) is 3.29. The summed E-state index contributed by atoms with van der Waals surface area (Å²) in [5.41, 5.74) is 2.47. The summed E-state index contributed by atoms with van der Waals surface area (Å²) in [7, 11) is 4.66. The van der Waals surface area contributed by atoms with Crippen molar-refractivity contribution in [1.82, 2.24) is 0 Å². The molecule has 0 aliphatic carbocycles. The molecule has 0 saturated carbocycles. The van der Waals surface area contributed by atoms with E-state index in [9.17, 15) is 14.9 Å². The molecule has 0 spiro atoms. The van der Waals surface area contributed by atoms with Crippen molar-refractivity contribution < 1.29 is 28.8 Å². The third kappa shape index (κ3) is 4.30. The topological polar surface area (TPSA) is 104 Å². The number of hydrogen-bond donors (Lipinski definition) is 2. The van der Waals surface area contributed by atoms with Crippen molar-refractivity contribution >= 4 is 17.3 Å². The molecule has 1 aliphatic heterocycles. The van der Waals surface area contributed by atoms with Crippen molar-refractivity contribution in [2.24, 2.45) is 0 Å². The van der Waals surface area contributed by atoms with Gasteiger partial charge in [0.25, 0.3) is 11.6 Å². The second-order valence-corrected chi connectivity index (χ2v) is 7.16. The van der Waals surface area contributed by atoms with E-state index in [0.29, 0.717) is 23.8 Å². The van der Waals surface area contributed by atoms with Crippen molar-refractivity contribution in [2.45, 2.75) is 25.9 Å². The number of nitrogens with zero attached hydrogens (tertiary/aromatic N) is 1. The molecule has 1 aliphatic rings. The van der Waals surface area contributed by atoms with Gasteiger partial charge in [-0.15, -0.1) is 0 Å². The third-order valence-electron chi connectivity index (χ3n) is 5.50. The highest BCUT2D eigenvalue weighted by atomic mass is 16.6. The van der Waals surface area contributed by atoms with Crippen LogP contribution in [0, 0.1) is 10.1 Å². The number of anilines is 1. The number of carbonyl (C=O) groups is 1. The van der Waals surface area contributed by atoms with Crippen LogP contribution in [0.3, 0.4) is 0 Å². The number of benzene rings is 2. The van der Waals surface area contributed by atoms with E-state index in [1.807, 2.05) is 19.1 Å². The number of non-ortho nitro benzene ring substituents is 1. The lowest BCUT2D eigenvalue weighted by atomic mass is 9.97. The average Bonchev–Trinajstić information content (AvgIpc) is 2.76. The Labute approximate surface area is 174 Å². The van der Waals surface area contributed by atoms with Crippen LogP contribution in [0.4, 0.5) is 11.4 Å². The number of hydrogen-bond acceptors (Lipinski definition) is 6. The van der Waals surface area contributed by atoms with Gasteiger partial charge in [0.1, 0.15) is 12.3 Å². The zero-order chi connectivity index (χ0) is 21.8. The quantitative estimate of drug-likeness (QED) is 0.525. The van der Waals surface area contributed by atoms with Gasteiger partial charge in [0.15, 0.2) is 17.5 Å². The summed E-state index contributed by atoms with van der Waals surface area (Å²) in [6.07, 6.45) is 0.808. The van der Waals surface area contributed by atoms with Crippen LogP contribution in [-0.4, -0.2) is 44.7 Å². The fraction of sp³-hybridized carbons (Fsp3) is 0.381. The molecule has 1 heterocycles. The zero-order valence-corrected chi connectivity index (χ0v) is 17.5. The fourth-order valence-electron chi connectivity index (χ4n) is 3.69. The van der Waals surface area contributed by atoms with Crippen LogP contribution in [0.1, 0.15) is 18.1 Å². The van der Waals surface area contributed by atoms with Crippen LogP contribution >= 0.6 is 0 Å². The van der Waals surface area contributed by atoms with Gasteiger partial charge in [-0.2, -0.15) is 0 Å². The summed E-state index contributed by atoms with van der Waals surface area (Å²) in [4.78, 5) is 24.5. The molecule has 2 atom stereocenters. The second kappa shape index (κ2) is 9.00. The molecular formula is C21H26N3O6+. The van der Waals surface area contributed by atoms with Gasteiger partial charge in [0.05, 0.1) is 38.5 Å².